The minimum Gasteiger partial charge on any atom is -0.494 e. The van der Waals surface area contributed by atoms with Crippen LogP contribution < -0.4 is 25.6 Å². The highest BCUT2D eigenvalue weighted by Gasteiger charge is 2.56. The second-order valence-electron chi connectivity index (χ2n) is 11.9. The summed E-state index contributed by atoms with van der Waals surface area (Å²) < 4.78 is 20.0. The maximum Gasteiger partial charge on any atom is 0.247 e. The molecule has 5 rings (SSSR count). The Morgan fingerprint density at radius 3 is 2.58 bits per heavy atom. The minimum atomic E-state index is -1.34. The summed E-state index contributed by atoms with van der Waals surface area (Å²) >= 11 is 6.04. The maximum absolute atomic E-state index is 14.2. The number of benzene rings is 2. The number of methoxy groups -OCH3 is 1. The fourth-order valence-corrected chi connectivity index (χ4v) is 5.95. The SMILES string of the molecule is C=CC(=O)Nc1cc(Nc2nccc(Nc3cc(Cl)c(F)cc3C(C)(C)O)n2)c(OC)cc1N1CC(N(C)C)C2(CC2)C1. The standard InChI is InChI=1S/C31H37ClFN7O3/c1-7-28(41)36-22-14-23(25(43-6)15-24(22)40-16-26(39(4)5)31(17-40)9-10-31)37-29-34-11-8-27(38-29)35-21-13-19(32)20(33)12-18(21)30(2,3)42/h7-8,11-15,26,42H,1,9-10,16-17H2,2-6H3,(H,36,41)(H2,34,35,37,38). The number of likely N-dealkylation sites (N-methyl/N-ethyl adjacent to an activating group) is 1. The van der Waals surface area contributed by atoms with Gasteiger partial charge in [-0.15, -0.1) is 0 Å². The molecule has 3 aromatic rings. The Labute approximate surface area is 255 Å². The zero-order valence-electron chi connectivity index (χ0n) is 25.0. The molecule has 228 valence electrons. The zero-order valence-corrected chi connectivity index (χ0v) is 25.7. The first kappa shape index (κ1) is 30.5. The molecule has 1 saturated carbocycles. The Morgan fingerprint density at radius 2 is 1.98 bits per heavy atom. The monoisotopic (exact) mass is 609 g/mol. The molecule has 1 aromatic heterocycles. The van der Waals surface area contributed by atoms with Gasteiger partial charge in [-0.25, -0.2) is 9.37 Å². The number of ether oxygens (including phenoxy) is 1. The van der Waals surface area contributed by atoms with E-state index >= 15 is 0 Å². The van der Waals surface area contributed by atoms with Crippen LogP contribution in [-0.4, -0.2) is 66.2 Å². The lowest BCUT2D eigenvalue weighted by Gasteiger charge is -2.26. The van der Waals surface area contributed by atoms with Crippen LogP contribution >= 0.6 is 11.6 Å². The largest absolute Gasteiger partial charge is 0.494 e. The highest BCUT2D eigenvalue weighted by Crippen LogP contribution is 2.56. The third kappa shape index (κ3) is 6.39. The van der Waals surface area contributed by atoms with Gasteiger partial charge >= 0.3 is 0 Å². The Balaban J connectivity index is 1.46. The lowest BCUT2D eigenvalue weighted by molar-refractivity contribution is -0.111. The van der Waals surface area contributed by atoms with Crippen molar-refractivity contribution in [2.45, 2.75) is 38.3 Å². The maximum atomic E-state index is 14.2. The summed E-state index contributed by atoms with van der Waals surface area (Å²) in [6.07, 6.45) is 5.15. The number of nitrogens with one attached hydrogen (secondary N) is 3. The Morgan fingerprint density at radius 1 is 1.23 bits per heavy atom. The number of aliphatic hydroxyl groups is 1. The van der Waals surface area contributed by atoms with Crippen LogP contribution in [0.2, 0.25) is 5.02 Å². The van der Waals surface area contributed by atoms with Crippen molar-refractivity contribution in [3.05, 3.63) is 65.6 Å². The number of anilines is 6. The van der Waals surface area contributed by atoms with Crippen LogP contribution in [0.15, 0.2) is 49.2 Å². The number of aromatic nitrogens is 2. The molecule has 2 aliphatic rings. The molecule has 10 nitrogen and oxygen atoms in total. The average molecular weight is 610 g/mol. The van der Waals surface area contributed by atoms with E-state index in [0.717, 1.165) is 18.8 Å². The molecule has 1 saturated heterocycles. The van der Waals surface area contributed by atoms with Crippen molar-refractivity contribution in [3.63, 3.8) is 0 Å². The number of nitrogens with zero attached hydrogens (tertiary/aromatic N) is 4. The van der Waals surface area contributed by atoms with Crippen LogP contribution in [0.3, 0.4) is 0 Å². The number of carbonyl (C=O) groups excluding carboxylic acids is 1. The topological polar surface area (TPSA) is 115 Å². The van der Waals surface area contributed by atoms with Gasteiger partial charge in [-0.1, -0.05) is 18.2 Å². The van der Waals surface area contributed by atoms with Crippen molar-refractivity contribution in [1.29, 1.82) is 0 Å². The van der Waals surface area contributed by atoms with Gasteiger partial charge in [-0.3, -0.25) is 4.79 Å². The summed E-state index contributed by atoms with van der Waals surface area (Å²) in [5, 5.41) is 19.8. The van der Waals surface area contributed by atoms with Gasteiger partial charge in [0.15, 0.2) is 0 Å². The van der Waals surface area contributed by atoms with Gasteiger partial charge in [0.25, 0.3) is 0 Å². The van der Waals surface area contributed by atoms with Crippen LogP contribution in [-0.2, 0) is 10.4 Å². The van der Waals surface area contributed by atoms with Crippen molar-refractivity contribution in [1.82, 2.24) is 14.9 Å². The smallest absolute Gasteiger partial charge is 0.247 e. The lowest BCUT2D eigenvalue weighted by atomic mass is 9.96. The van der Waals surface area contributed by atoms with E-state index in [4.69, 9.17) is 16.3 Å². The summed E-state index contributed by atoms with van der Waals surface area (Å²) in [6, 6.07) is 8.36. The molecular weight excluding hydrogens is 573 g/mol. The molecule has 12 heteroatoms. The quantitative estimate of drug-likeness (QED) is 0.217. The Kier molecular flexibility index (Phi) is 8.26. The van der Waals surface area contributed by atoms with Crippen molar-refractivity contribution >= 4 is 52.0 Å². The molecule has 1 aliphatic carbocycles. The zero-order chi connectivity index (χ0) is 31.1. The Hall–Kier alpha value is -3.93. The van der Waals surface area contributed by atoms with Crippen LogP contribution in [0, 0.1) is 11.2 Å². The Bertz CT molecular complexity index is 1560. The van der Waals surface area contributed by atoms with E-state index in [1.165, 1.54) is 31.1 Å². The van der Waals surface area contributed by atoms with Gasteiger partial charge in [0.1, 0.15) is 17.4 Å². The fraction of sp³-hybridized carbons (Fsp3) is 0.387. The van der Waals surface area contributed by atoms with Crippen molar-refractivity contribution in [2.75, 3.05) is 55.1 Å². The number of rotatable bonds is 10. The molecular formula is C31H37ClFN7O3. The number of hydrogen-bond donors (Lipinski definition) is 4. The molecule has 1 amide bonds. The number of hydrogen-bond acceptors (Lipinski definition) is 9. The molecule has 1 spiro atoms. The van der Waals surface area contributed by atoms with E-state index in [1.54, 1.807) is 39.3 Å². The number of carbonyl (C=O) groups is 1. The lowest BCUT2D eigenvalue weighted by Crippen LogP contribution is -2.36. The van der Waals surface area contributed by atoms with Crippen LogP contribution in [0.4, 0.5) is 38.9 Å². The summed E-state index contributed by atoms with van der Waals surface area (Å²) in [7, 11) is 5.80. The first-order chi connectivity index (χ1) is 20.3. The van der Waals surface area contributed by atoms with Gasteiger partial charge < -0.3 is 35.6 Å². The summed E-state index contributed by atoms with van der Waals surface area (Å²) in [5.74, 6) is 0.192. The van der Waals surface area contributed by atoms with Gasteiger partial charge in [0.2, 0.25) is 11.9 Å². The van der Waals surface area contributed by atoms with Crippen molar-refractivity contribution < 1.29 is 19.0 Å². The second-order valence-corrected chi connectivity index (χ2v) is 12.3. The van der Waals surface area contributed by atoms with E-state index in [9.17, 15) is 14.3 Å². The van der Waals surface area contributed by atoms with E-state index in [-0.39, 0.29) is 22.3 Å². The third-order valence-electron chi connectivity index (χ3n) is 8.11. The predicted octanol–water partition coefficient (Wildman–Crippen LogP) is 5.65. The molecule has 1 unspecified atom stereocenters. The fourth-order valence-electron chi connectivity index (χ4n) is 5.78. The minimum absolute atomic E-state index is 0.0932. The van der Waals surface area contributed by atoms with Gasteiger partial charge in [0, 0.05) is 48.1 Å². The summed E-state index contributed by atoms with van der Waals surface area (Å²) in [4.78, 5) is 25.9. The normalized spacial score (nSPS) is 17.2. The molecule has 43 heavy (non-hydrogen) atoms. The molecule has 0 radical (unpaired) electrons. The van der Waals surface area contributed by atoms with Gasteiger partial charge in [-0.2, -0.15) is 4.98 Å². The first-order valence-electron chi connectivity index (χ1n) is 14.0. The van der Waals surface area contributed by atoms with Gasteiger partial charge in [-0.05, 0) is 71.1 Å². The van der Waals surface area contributed by atoms with E-state index in [1.807, 2.05) is 6.07 Å². The average Bonchev–Trinajstić information content (AvgIpc) is 3.61. The molecule has 0 bridgehead atoms. The molecule has 1 atom stereocenters. The van der Waals surface area contributed by atoms with E-state index in [0.29, 0.717) is 40.2 Å². The molecule has 2 heterocycles. The van der Waals surface area contributed by atoms with Crippen molar-refractivity contribution in [2.24, 2.45) is 5.41 Å². The molecule has 2 fully saturated rings. The van der Waals surface area contributed by atoms with Crippen LogP contribution in [0.25, 0.3) is 0 Å². The number of amides is 1. The first-order valence-corrected chi connectivity index (χ1v) is 14.4. The van der Waals surface area contributed by atoms with Crippen LogP contribution in [0.5, 0.6) is 5.75 Å². The summed E-state index contributed by atoms with van der Waals surface area (Å²) in [6.45, 7) is 8.44. The predicted molar refractivity (Wildman–Crippen MR) is 168 cm³/mol. The van der Waals surface area contributed by atoms with Crippen LogP contribution in [0.1, 0.15) is 32.3 Å². The molecule has 4 N–H and O–H groups in total. The van der Waals surface area contributed by atoms with E-state index in [2.05, 4.69) is 56.4 Å². The highest BCUT2D eigenvalue weighted by atomic mass is 35.5. The number of halogens is 2. The molecule has 2 aromatic carbocycles. The molecule has 1 aliphatic heterocycles. The second kappa shape index (κ2) is 11.6. The summed E-state index contributed by atoms with van der Waals surface area (Å²) in [5.41, 5.74) is 1.63. The third-order valence-corrected chi connectivity index (χ3v) is 8.40. The highest BCUT2D eigenvalue weighted by molar-refractivity contribution is 6.31. The van der Waals surface area contributed by atoms with Crippen molar-refractivity contribution in [3.8, 4) is 5.75 Å². The van der Waals surface area contributed by atoms with E-state index < -0.39 is 11.4 Å². The van der Waals surface area contributed by atoms with Gasteiger partial charge in [0.05, 0.1) is 34.8 Å².